The van der Waals surface area contributed by atoms with Crippen molar-refractivity contribution >= 4 is 38.4 Å². The van der Waals surface area contributed by atoms with Gasteiger partial charge in [0.05, 0.1) is 15.4 Å². The van der Waals surface area contributed by atoms with Gasteiger partial charge >= 0.3 is 0 Å². The van der Waals surface area contributed by atoms with Gasteiger partial charge in [0.2, 0.25) is 5.43 Å². The minimum absolute atomic E-state index is 0.0190. The largest absolute Gasteiger partial charge is 0.359 e. The first kappa shape index (κ1) is 9.68. The van der Waals surface area contributed by atoms with Crippen LogP contribution in [0.4, 0.5) is 4.39 Å². The smallest absolute Gasteiger partial charge is 0.210 e. The van der Waals surface area contributed by atoms with Crippen LogP contribution in [-0.2, 0) is 0 Å². The molecular formula is C9H4BrClFNO. The van der Waals surface area contributed by atoms with E-state index >= 15 is 0 Å². The molecule has 0 radical (unpaired) electrons. The maximum absolute atomic E-state index is 13.5. The van der Waals surface area contributed by atoms with Crippen LogP contribution in [-0.4, -0.2) is 4.98 Å². The zero-order chi connectivity index (χ0) is 10.3. The third-order valence-electron chi connectivity index (χ3n) is 1.89. The first-order valence-electron chi connectivity index (χ1n) is 3.76. The lowest BCUT2D eigenvalue weighted by Gasteiger charge is -2.00. The molecule has 0 aliphatic carbocycles. The molecule has 0 atom stereocenters. The van der Waals surface area contributed by atoms with E-state index in [-0.39, 0.29) is 14.9 Å². The molecule has 0 saturated carbocycles. The van der Waals surface area contributed by atoms with Crippen molar-refractivity contribution < 1.29 is 4.39 Å². The minimum atomic E-state index is -0.591. The first-order valence-corrected chi connectivity index (χ1v) is 4.93. The number of aromatic nitrogens is 1. The van der Waals surface area contributed by atoms with Crippen LogP contribution in [0.2, 0.25) is 5.02 Å². The van der Waals surface area contributed by atoms with Gasteiger partial charge in [-0.1, -0.05) is 11.6 Å². The van der Waals surface area contributed by atoms with Crippen LogP contribution < -0.4 is 5.43 Å². The minimum Gasteiger partial charge on any atom is -0.359 e. The van der Waals surface area contributed by atoms with E-state index in [1.165, 1.54) is 12.3 Å². The average Bonchev–Trinajstić information content (AvgIpc) is 2.17. The molecule has 1 aromatic heterocycles. The summed E-state index contributed by atoms with van der Waals surface area (Å²) in [7, 11) is 0. The fourth-order valence-electron chi connectivity index (χ4n) is 1.22. The summed E-state index contributed by atoms with van der Waals surface area (Å²) in [6.45, 7) is 0. The zero-order valence-corrected chi connectivity index (χ0v) is 9.12. The number of halogens is 3. The number of fused-ring (bicyclic) bond motifs is 1. The number of nitrogens with one attached hydrogen (secondary N) is 1. The highest BCUT2D eigenvalue weighted by Gasteiger charge is 2.10. The van der Waals surface area contributed by atoms with Crippen molar-refractivity contribution in [2.75, 3.05) is 0 Å². The van der Waals surface area contributed by atoms with Crippen molar-refractivity contribution in [3.05, 3.63) is 43.9 Å². The number of pyridine rings is 1. The molecule has 0 amide bonds. The molecule has 0 aliphatic heterocycles. The van der Waals surface area contributed by atoms with E-state index < -0.39 is 11.2 Å². The van der Waals surface area contributed by atoms with E-state index in [1.807, 2.05) is 0 Å². The van der Waals surface area contributed by atoms with Crippen molar-refractivity contribution in [2.24, 2.45) is 0 Å². The highest BCUT2D eigenvalue weighted by atomic mass is 79.9. The van der Waals surface area contributed by atoms with Gasteiger partial charge in [-0.15, -0.1) is 0 Å². The Morgan fingerprint density at radius 2 is 2.14 bits per heavy atom. The second-order valence-corrected chi connectivity index (χ2v) is 4.01. The molecule has 2 rings (SSSR count). The monoisotopic (exact) mass is 275 g/mol. The molecule has 1 N–H and O–H groups in total. The van der Waals surface area contributed by atoms with Gasteiger partial charge in [-0.3, -0.25) is 4.79 Å². The van der Waals surface area contributed by atoms with Crippen molar-refractivity contribution in [1.82, 2.24) is 4.98 Å². The SMILES string of the molecule is O=c1c(Cl)c[nH]c2ccc(Br)c(F)c12. The third kappa shape index (κ3) is 1.35. The van der Waals surface area contributed by atoms with Crippen LogP contribution in [0, 0.1) is 5.82 Å². The lowest BCUT2D eigenvalue weighted by molar-refractivity contribution is 0.632. The Kier molecular flexibility index (Phi) is 2.33. The van der Waals surface area contributed by atoms with Gasteiger partial charge in [0.1, 0.15) is 5.02 Å². The predicted octanol–water partition coefficient (Wildman–Crippen LogP) is 3.08. The Morgan fingerprint density at radius 3 is 2.86 bits per heavy atom. The van der Waals surface area contributed by atoms with Gasteiger partial charge in [-0.05, 0) is 28.1 Å². The van der Waals surface area contributed by atoms with Crippen molar-refractivity contribution in [3.8, 4) is 0 Å². The fourth-order valence-corrected chi connectivity index (χ4v) is 1.70. The summed E-state index contributed by atoms with van der Waals surface area (Å²) >= 11 is 8.59. The maximum atomic E-state index is 13.5. The molecule has 0 aliphatic rings. The third-order valence-corrected chi connectivity index (χ3v) is 2.79. The van der Waals surface area contributed by atoms with E-state index in [2.05, 4.69) is 20.9 Å². The average molecular weight is 276 g/mol. The van der Waals surface area contributed by atoms with Crippen molar-refractivity contribution in [2.45, 2.75) is 0 Å². The summed E-state index contributed by atoms with van der Waals surface area (Å²) in [6.07, 6.45) is 1.35. The molecule has 72 valence electrons. The van der Waals surface area contributed by atoms with Crippen molar-refractivity contribution in [1.29, 1.82) is 0 Å². The molecule has 0 fully saturated rings. The summed E-state index contributed by atoms with van der Waals surface area (Å²) in [6, 6.07) is 3.14. The van der Waals surface area contributed by atoms with Gasteiger partial charge in [0.25, 0.3) is 0 Å². The second kappa shape index (κ2) is 3.37. The molecule has 0 bridgehead atoms. The fraction of sp³-hybridized carbons (Fsp3) is 0. The molecule has 2 nitrogen and oxygen atoms in total. The Bertz CT molecular complexity index is 561. The van der Waals surface area contributed by atoms with Gasteiger partial charge in [-0.2, -0.15) is 0 Å². The Labute approximate surface area is 91.8 Å². The van der Waals surface area contributed by atoms with Crippen LogP contribution in [0.5, 0.6) is 0 Å². The molecule has 14 heavy (non-hydrogen) atoms. The molecular weight excluding hydrogens is 272 g/mol. The molecule has 5 heteroatoms. The lowest BCUT2D eigenvalue weighted by atomic mass is 10.2. The molecule has 0 spiro atoms. The zero-order valence-electron chi connectivity index (χ0n) is 6.77. The number of hydrogen-bond acceptors (Lipinski definition) is 1. The molecule has 2 aromatic rings. The highest BCUT2D eigenvalue weighted by molar-refractivity contribution is 9.10. The summed E-state index contributed by atoms with van der Waals surface area (Å²) < 4.78 is 13.8. The number of H-pyrrole nitrogens is 1. The Morgan fingerprint density at radius 1 is 1.43 bits per heavy atom. The normalized spacial score (nSPS) is 10.8. The van der Waals surface area contributed by atoms with Crippen LogP contribution in [0.3, 0.4) is 0 Å². The van der Waals surface area contributed by atoms with Gasteiger partial charge in [0.15, 0.2) is 5.82 Å². The number of rotatable bonds is 0. The van der Waals surface area contributed by atoms with Crippen LogP contribution in [0.25, 0.3) is 10.9 Å². The Balaban J connectivity index is 3.06. The topological polar surface area (TPSA) is 32.9 Å². The van der Waals surface area contributed by atoms with E-state index in [0.717, 1.165) is 0 Å². The lowest BCUT2D eigenvalue weighted by Crippen LogP contribution is -2.05. The van der Waals surface area contributed by atoms with Crippen molar-refractivity contribution in [3.63, 3.8) is 0 Å². The molecule has 1 aromatic carbocycles. The van der Waals surface area contributed by atoms with Crippen LogP contribution >= 0.6 is 27.5 Å². The van der Waals surface area contributed by atoms with Gasteiger partial charge in [-0.25, -0.2) is 4.39 Å². The van der Waals surface area contributed by atoms with Crippen LogP contribution in [0.1, 0.15) is 0 Å². The summed E-state index contributed by atoms with van der Waals surface area (Å²) in [4.78, 5) is 14.2. The summed E-state index contributed by atoms with van der Waals surface area (Å²) in [5, 5.41) is -0.0404. The van der Waals surface area contributed by atoms with E-state index in [4.69, 9.17) is 11.6 Å². The molecule has 0 unspecified atom stereocenters. The number of aromatic amines is 1. The number of benzene rings is 1. The first-order chi connectivity index (χ1) is 6.61. The predicted molar refractivity (Wildman–Crippen MR) is 57.2 cm³/mol. The quantitative estimate of drug-likeness (QED) is 0.788. The Hall–Kier alpha value is -0.870. The number of hydrogen-bond donors (Lipinski definition) is 1. The van der Waals surface area contributed by atoms with E-state index in [0.29, 0.717) is 5.52 Å². The summed E-state index contributed by atoms with van der Waals surface area (Å²) in [5.41, 5.74) is -0.0701. The van der Waals surface area contributed by atoms with E-state index in [9.17, 15) is 9.18 Å². The van der Waals surface area contributed by atoms with Crippen LogP contribution in [0.15, 0.2) is 27.6 Å². The maximum Gasteiger partial charge on any atom is 0.210 e. The standard InChI is InChI=1S/C9H4BrClFNO/c10-4-1-2-6-7(8(4)12)9(14)5(11)3-13-6/h1-3H,(H,13,14). The molecule has 1 heterocycles. The van der Waals surface area contributed by atoms with Gasteiger partial charge in [0, 0.05) is 6.20 Å². The van der Waals surface area contributed by atoms with Gasteiger partial charge < -0.3 is 4.98 Å². The second-order valence-electron chi connectivity index (χ2n) is 2.75. The molecule has 0 saturated heterocycles. The summed E-state index contributed by atoms with van der Waals surface area (Å²) in [5.74, 6) is -0.591. The van der Waals surface area contributed by atoms with E-state index in [1.54, 1.807) is 6.07 Å². The highest BCUT2D eigenvalue weighted by Crippen LogP contribution is 2.22.